The SMILES string of the molecule is COc1cc(Cc2nc(Nc3ccc(N4CCN(C)CC4)cc3)nc(C)c2C)cc(OC)c1OC. The monoisotopic (exact) mass is 477 g/mol. The molecule has 2 aromatic carbocycles. The van der Waals surface area contributed by atoms with Gasteiger partial charge in [0.05, 0.1) is 27.0 Å². The summed E-state index contributed by atoms with van der Waals surface area (Å²) in [6, 6.07) is 12.4. The number of methoxy groups -OCH3 is 3. The number of nitrogens with zero attached hydrogens (tertiary/aromatic N) is 4. The molecule has 0 saturated carbocycles. The Labute approximate surface area is 207 Å². The highest BCUT2D eigenvalue weighted by atomic mass is 16.5. The first-order valence-corrected chi connectivity index (χ1v) is 11.9. The minimum atomic E-state index is 0.580. The van der Waals surface area contributed by atoms with Crippen LogP contribution in [-0.4, -0.2) is 69.4 Å². The van der Waals surface area contributed by atoms with E-state index >= 15 is 0 Å². The Bertz CT molecular complexity index is 1130. The van der Waals surface area contributed by atoms with Crippen molar-refractivity contribution in [3.8, 4) is 17.2 Å². The van der Waals surface area contributed by atoms with E-state index in [0.29, 0.717) is 29.6 Å². The number of aromatic nitrogens is 2. The van der Waals surface area contributed by atoms with E-state index in [4.69, 9.17) is 19.2 Å². The third kappa shape index (κ3) is 5.59. The van der Waals surface area contributed by atoms with Gasteiger partial charge in [-0.25, -0.2) is 9.97 Å². The number of benzene rings is 2. The van der Waals surface area contributed by atoms with Crippen molar-refractivity contribution in [2.24, 2.45) is 0 Å². The zero-order valence-corrected chi connectivity index (χ0v) is 21.5. The summed E-state index contributed by atoms with van der Waals surface area (Å²) in [5, 5.41) is 3.38. The standard InChI is InChI=1S/C27H35N5O3/c1-18-19(2)28-27(29-21-7-9-22(10-8-21)32-13-11-31(3)12-14-32)30-23(18)15-20-16-24(33-4)26(35-6)25(17-20)34-5/h7-10,16-17H,11-15H2,1-6H3,(H,28,29,30). The van der Waals surface area contributed by atoms with Crippen LogP contribution in [0.2, 0.25) is 0 Å². The lowest BCUT2D eigenvalue weighted by atomic mass is 10.0. The molecule has 3 aromatic rings. The number of ether oxygens (including phenoxy) is 3. The van der Waals surface area contributed by atoms with Gasteiger partial charge in [0.25, 0.3) is 0 Å². The summed E-state index contributed by atoms with van der Waals surface area (Å²) < 4.78 is 16.5. The average molecular weight is 478 g/mol. The van der Waals surface area contributed by atoms with Crippen molar-refractivity contribution in [1.82, 2.24) is 14.9 Å². The minimum Gasteiger partial charge on any atom is -0.493 e. The van der Waals surface area contributed by atoms with E-state index in [1.807, 2.05) is 19.1 Å². The molecule has 0 unspecified atom stereocenters. The lowest BCUT2D eigenvalue weighted by Crippen LogP contribution is -2.44. The van der Waals surface area contributed by atoms with Crippen molar-refractivity contribution in [3.63, 3.8) is 0 Å². The molecule has 1 N–H and O–H groups in total. The smallest absolute Gasteiger partial charge is 0.227 e. The fraction of sp³-hybridized carbons (Fsp3) is 0.407. The van der Waals surface area contributed by atoms with Gasteiger partial charge in [-0.15, -0.1) is 0 Å². The number of hydrogen-bond acceptors (Lipinski definition) is 8. The predicted octanol–water partition coefficient (Wildman–Crippen LogP) is 4.21. The van der Waals surface area contributed by atoms with E-state index in [0.717, 1.165) is 54.4 Å². The average Bonchev–Trinajstić information content (AvgIpc) is 2.87. The molecule has 1 fully saturated rings. The summed E-state index contributed by atoms with van der Waals surface area (Å²) >= 11 is 0. The van der Waals surface area contributed by atoms with Crippen molar-refractivity contribution in [1.29, 1.82) is 0 Å². The predicted molar refractivity (Wildman–Crippen MR) is 140 cm³/mol. The molecular formula is C27H35N5O3. The van der Waals surface area contributed by atoms with Crippen LogP contribution in [-0.2, 0) is 6.42 Å². The number of piperazine rings is 1. The molecule has 1 aliphatic heterocycles. The molecule has 8 nitrogen and oxygen atoms in total. The second kappa shape index (κ2) is 10.8. The van der Waals surface area contributed by atoms with Crippen molar-refractivity contribution in [3.05, 3.63) is 58.9 Å². The molecule has 186 valence electrons. The number of anilines is 3. The van der Waals surface area contributed by atoms with Crippen LogP contribution < -0.4 is 24.4 Å². The van der Waals surface area contributed by atoms with E-state index < -0.39 is 0 Å². The van der Waals surface area contributed by atoms with Crippen molar-refractivity contribution < 1.29 is 14.2 Å². The maximum Gasteiger partial charge on any atom is 0.227 e. The Morgan fingerprint density at radius 2 is 1.49 bits per heavy atom. The Kier molecular flexibility index (Phi) is 7.60. The summed E-state index contributed by atoms with van der Waals surface area (Å²) in [7, 11) is 7.02. The number of aryl methyl sites for hydroxylation is 1. The molecular weight excluding hydrogens is 442 g/mol. The molecule has 2 heterocycles. The van der Waals surface area contributed by atoms with Crippen LogP contribution in [0.1, 0.15) is 22.5 Å². The quantitative estimate of drug-likeness (QED) is 0.518. The highest BCUT2D eigenvalue weighted by molar-refractivity contribution is 5.60. The van der Waals surface area contributed by atoms with Crippen LogP contribution in [0, 0.1) is 13.8 Å². The molecule has 1 aromatic heterocycles. The lowest BCUT2D eigenvalue weighted by molar-refractivity contribution is 0.313. The highest BCUT2D eigenvalue weighted by Crippen LogP contribution is 2.38. The van der Waals surface area contributed by atoms with Crippen molar-refractivity contribution in [2.45, 2.75) is 20.3 Å². The van der Waals surface area contributed by atoms with Gasteiger partial charge in [0.1, 0.15) is 0 Å². The van der Waals surface area contributed by atoms with Gasteiger partial charge < -0.3 is 29.3 Å². The third-order valence-electron chi connectivity index (χ3n) is 6.58. The highest BCUT2D eigenvalue weighted by Gasteiger charge is 2.17. The van der Waals surface area contributed by atoms with Gasteiger partial charge >= 0.3 is 0 Å². The lowest BCUT2D eigenvalue weighted by Gasteiger charge is -2.34. The molecule has 1 aliphatic rings. The van der Waals surface area contributed by atoms with Crippen LogP contribution >= 0.6 is 0 Å². The first-order valence-electron chi connectivity index (χ1n) is 11.9. The fourth-order valence-corrected chi connectivity index (χ4v) is 4.30. The molecule has 4 rings (SSSR count). The van der Waals surface area contributed by atoms with Crippen LogP contribution in [0.4, 0.5) is 17.3 Å². The first-order chi connectivity index (χ1) is 16.9. The van der Waals surface area contributed by atoms with E-state index in [1.165, 1.54) is 5.69 Å². The first kappa shape index (κ1) is 24.6. The maximum absolute atomic E-state index is 5.52. The van der Waals surface area contributed by atoms with Gasteiger partial charge in [0.2, 0.25) is 11.7 Å². The largest absolute Gasteiger partial charge is 0.493 e. The number of nitrogens with one attached hydrogen (secondary N) is 1. The minimum absolute atomic E-state index is 0.580. The van der Waals surface area contributed by atoms with E-state index in [9.17, 15) is 0 Å². The Morgan fingerprint density at radius 3 is 2.06 bits per heavy atom. The van der Waals surface area contributed by atoms with Gasteiger partial charge in [-0.1, -0.05) is 0 Å². The second-order valence-electron chi connectivity index (χ2n) is 8.88. The Balaban J connectivity index is 1.54. The van der Waals surface area contributed by atoms with Crippen molar-refractivity contribution >= 4 is 17.3 Å². The molecule has 0 radical (unpaired) electrons. The number of likely N-dealkylation sites (N-methyl/N-ethyl adjacent to an activating group) is 1. The molecule has 0 atom stereocenters. The molecule has 0 aliphatic carbocycles. The van der Waals surface area contributed by atoms with Gasteiger partial charge in [-0.3, -0.25) is 0 Å². The molecule has 35 heavy (non-hydrogen) atoms. The zero-order chi connectivity index (χ0) is 24.9. The maximum atomic E-state index is 5.52. The Morgan fingerprint density at radius 1 is 0.857 bits per heavy atom. The van der Waals surface area contributed by atoms with E-state index in [-0.39, 0.29) is 0 Å². The summed E-state index contributed by atoms with van der Waals surface area (Å²) in [5.74, 6) is 2.42. The van der Waals surface area contributed by atoms with Gasteiger partial charge in [0, 0.05) is 49.7 Å². The Hall–Kier alpha value is -3.52. The number of rotatable bonds is 8. The van der Waals surface area contributed by atoms with Crippen LogP contribution in [0.3, 0.4) is 0 Å². The van der Waals surface area contributed by atoms with E-state index in [1.54, 1.807) is 21.3 Å². The topological polar surface area (TPSA) is 72.0 Å². The summed E-state index contributed by atoms with van der Waals surface area (Å²) in [5.41, 5.74) is 6.18. The van der Waals surface area contributed by atoms with Crippen LogP contribution in [0.25, 0.3) is 0 Å². The van der Waals surface area contributed by atoms with Crippen LogP contribution in [0.15, 0.2) is 36.4 Å². The third-order valence-corrected chi connectivity index (χ3v) is 6.58. The van der Waals surface area contributed by atoms with Gasteiger partial charge in [0.15, 0.2) is 11.5 Å². The fourth-order valence-electron chi connectivity index (χ4n) is 4.30. The molecule has 0 bridgehead atoms. The van der Waals surface area contributed by atoms with E-state index in [2.05, 4.69) is 58.3 Å². The van der Waals surface area contributed by atoms with Gasteiger partial charge in [-0.2, -0.15) is 0 Å². The normalized spacial score (nSPS) is 14.1. The molecule has 8 heteroatoms. The molecule has 0 spiro atoms. The van der Waals surface area contributed by atoms with Crippen molar-refractivity contribution in [2.75, 3.05) is 64.8 Å². The summed E-state index contributed by atoms with van der Waals surface area (Å²) in [4.78, 5) is 14.3. The molecule has 0 amide bonds. The second-order valence-corrected chi connectivity index (χ2v) is 8.88. The van der Waals surface area contributed by atoms with Gasteiger partial charge in [-0.05, 0) is 68.4 Å². The van der Waals surface area contributed by atoms with Crippen LogP contribution in [0.5, 0.6) is 17.2 Å². The summed E-state index contributed by atoms with van der Waals surface area (Å²) in [6.45, 7) is 8.34. The summed E-state index contributed by atoms with van der Waals surface area (Å²) in [6.07, 6.45) is 0.614. The number of hydrogen-bond donors (Lipinski definition) is 1. The molecule has 1 saturated heterocycles. The zero-order valence-electron chi connectivity index (χ0n) is 21.5.